The quantitative estimate of drug-likeness (QED) is 0.818. The van der Waals surface area contributed by atoms with Crippen LogP contribution in [0.25, 0.3) is 0 Å². The Bertz CT molecular complexity index is 826. The molecule has 2 bridgehead atoms. The molecular weight excluding hydrogens is 347 g/mol. The Hall–Kier alpha value is -1.85. The molecule has 0 aliphatic carbocycles. The van der Waals surface area contributed by atoms with Gasteiger partial charge < -0.3 is 10.2 Å². The standard InChI is InChI=1S/C17H16Cl2N4O/c1-9-20-8-12-15(21-9)7-11-3-5-16(12)23(11)17(24)22-10-2-4-13(18)14(19)6-10/h2,4,6,8,11,16H,3,5,7H2,1H3,(H,22,24)/t11-,16+/m0/s1. The maximum absolute atomic E-state index is 12.8. The molecule has 2 atom stereocenters. The van der Waals surface area contributed by atoms with E-state index in [9.17, 15) is 4.79 Å². The lowest BCUT2D eigenvalue weighted by molar-refractivity contribution is 0.178. The van der Waals surface area contributed by atoms with Crippen molar-refractivity contribution < 1.29 is 4.79 Å². The van der Waals surface area contributed by atoms with Crippen molar-refractivity contribution >= 4 is 34.9 Å². The van der Waals surface area contributed by atoms with E-state index in [1.54, 1.807) is 18.2 Å². The van der Waals surface area contributed by atoms with Gasteiger partial charge in [0.1, 0.15) is 5.82 Å². The molecule has 4 rings (SSSR count). The zero-order valence-electron chi connectivity index (χ0n) is 13.1. The van der Waals surface area contributed by atoms with Crippen LogP contribution in [0.15, 0.2) is 24.4 Å². The maximum atomic E-state index is 12.8. The van der Waals surface area contributed by atoms with E-state index in [4.69, 9.17) is 23.2 Å². The second-order valence-corrected chi connectivity index (χ2v) is 7.05. The molecule has 3 heterocycles. The fraction of sp³-hybridized carbons (Fsp3) is 0.353. The largest absolute Gasteiger partial charge is 0.322 e. The summed E-state index contributed by atoms with van der Waals surface area (Å²) in [4.78, 5) is 23.6. The van der Waals surface area contributed by atoms with Gasteiger partial charge in [-0.1, -0.05) is 23.2 Å². The number of carbonyl (C=O) groups is 1. The van der Waals surface area contributed by atoms with Crippen LogP contribution in [0, 0.1) is 6.92 Å². The number of anilines is 1. The lowest BCUT2D eigenvalue weighted by Crippen LogP contribution is -2.44. The van der Waals surface area contributed by atoms with Crippen LogP contribution in [0.5, 0.6) is 0 Å². The number of aryl methyl sites for hydroxylation is 1. The Labute approximate surface area is 150 Å². The molecule has 7 heteroatoms. The van der Waals surface area contributed by atoms with Crippen LogP contribution in [0.3, 0.4) is 0 Å². The first-order valence-electron chi connectivity index (χ1n) is 7.89. The van der Waals surface area contributed by atoms with Crippen LogP contribution < -0.4 is 5.32 Å². The van der Waals surface area contributed by atoms with Crippen LogP contribution in [0.2, 0.25) is 10.0 Å². The smallest absolute Gasteiger partial charge is 0.314 e. The third-order valence-electron chi connectivity index (χ3n) is 4.72. The van der Waals surface area contributed by atoms with Gasteiger partial charge in [-0.3, -0.25) is 0 Å². The highest BCUT2D eigenvalue weighted by molar-refractivity contribution is 6.42. The van der Waals surface area contributed by atoms with Crippen molar-refractivity contribution in [2.75, 3.05) is 5.32 Å². The summed E-state index contributed by atoms with van der Waals surface area (Å²) in [7, 11) is 0. The molecule has 0 spiro atoms. The number of amides is 2. The average Bonchev–Trinajstić information content (AvgIpc) is 2.86. The summed E-state index contributed by atoms with van der Waals surface area (Å²) in [6.07, 6.45) is 4.57. The first-order chi connectivity index (χ1) is 11.5. The number of hydrogen-bond donors (Lipinski definition) is 1. The van der Waals surface area contributed by atoms with Gasteiger partial charge in [-0.2, -0.15) is 0 Å². The van der Waals surface area contributed by atoms with E-state index in [2.05, 4.69) is 15.3 Å². The first kappa shape index (κ1) is 15.7. The molecule has 2 aromatic rings. The van der Waals surface area contributed by atoms with Crippen molar-refractivity contribution in [2.45, 2.75) is 38.3 Å². The van der Waals surface area contributed by atoms with Gasteiger partial charge >= 0.3 is 6.03 Å². The van der Waals surface area contributed by atoms with Crippen LogP contribution in [-0.2, 0) is 6.42 Å². The van der Waals surface area contributed by atoms with Crippen LogP contribution in [0.1, 0.15) is 36.0 Å². The summed E-state index contributed by atoms with van der Waals surface area (Å²) in [5.41, 5.74) is 2.78. The number of urea groups is 1. The van der Waals surface area contributed by atoms with Crippen LogP contribution >= 0.6 is 23.2 Å². The second-order valence-electron chi connectivity index (χ2n) is 6.24. The van der Waals surface area contributed by atoms with Crippen molar-refractivity contribution in [3.05, 3.63) is 51.5 Å². The minimum absolute atomic E-state index is 0.0436. The predicted octanol–water partition coefficient (Wildman–Crippen LogP) is 4.39. The van der Waals surface area contributed by atoms with E-state index in [-0.39, 0.29) is 18.1 Å². The highest BCUT2D eigenvalue weighted by Gasteiger charge is 2.43. The fourth-order valence-corrected chi connectivity index (χ4v) is 3.95. The van der Waals surface area contributed by atoms with E-state index in [0.29, 0.717) is 15.7 Å². The Morgan fingerprint density at radius 2 is 2.12 bits per heavy atom. The number of nitrogens with one attached hydrogen (secondary N) is 1. The molecule has 2 aliphatic rings. The van der Waals surface area contributed by atoms with Crippen molar-refractivity contribution in [1.82, 2.24) is 14.9 Å². The van der Waals surface area contributed by atoms with Gasteiger partial charge in [0.25, 0.3) is 0 Å². The molecule has 0 unspecified atom stereocenters. The molecule has 124 valence electrons. The highest BCUT2D eigenvalue weighted by atomic mass is 35.5. The van der Waals surface area contributed by atoms with Crippen molar-refractivity contribution in [3.8, 4) is 0 Å². The second kappa shape index (κ2) is 5.90. The summed E-state index contributed by atoms with van der Waals surface area (Å²) >= 11 is 11.9. The zero-order chi connectivity index (χ0) is 16.8. The molecule has 0 radical (unpaired) electrons. The third kappa shape index (κ3) is 2.62. The molecule has 0 saturated carbocycles. The van der Waals surface area contributed by atoms with Gasteiger partial charge in [-0.25, -0.2) is 14.8 Å². The molecule has 1 aromatic heterocycles. The number of carbonyl (C=O) groups excluding carboxylic acids is 1. The minimum Gasteiger partial charge on any atom is -0.314 e. The summed E-state index contributed by atoms with van der Waals surface area (Å²) in [6.45, 7) is 1.89. The molecule has 5 nitrogen and oxygen atoms in total. The van der Waals surface area contributed by atoms with Crippen molar-refractivity contribution in [1.29, 1.82) is 0 Å². The van der Waals surface area contributed by atoms with Gasteiger partial charge in [0.05, 0.1) is 21.8 Å². The maximum Gasteiger partial charge on any atom is 0.322 e. The topological polar surface area (TPSA) is 58.1 Å². The Balaban J connectivity index is 1.59. The molecule has 2 aliphatic heterocycles. The van der Waals surface area contributed by atoms with Gasteiger partial charge in [0.15, 0.2) is 0 Å². The number of aromatic nitrogens is 2. The van der Waals surface area contributed by atoms with Crippen molar-refractivity contribution in [2.24, 2.45) is 0 Å². The average molecular weight is 363 g/mol. The Kier molecular flexibility index (Phi) is 3.85. The van der Waals surface area contributed by atoms with Crippen molar-refractivity contribution in [3.63, 3.8) is 0 Å². The molecule has 1 fully saturated rings. The molecule has 1 N–H and O–H groups in total. The Morgan fingerprint density at radius 3 is 2.92 bits per heavy atom. The molecule has 1 saturated heterocycles. The number of nitrogens with zero attached hydrogens (tertiary/aromatic N) is 3. The summed E-state index contributed by atoms with van der Waals surface area (Å²) < 4.78 is 0. The normalized spacial score (nSPS) is 21.5. The van der Waals surface area contributed by atoms with Gasteiger partial charge in [0.2, 0.25) is 0 Å². The molecule has 2 amide bonds. The summed E-state index contributed by atoms with van der Waals surface area (Å²) in [5.74, 6) is 0.779. The predicted molar refractivity (Wildman–Crippen MR) is 93.6 cm³/mol. The SMILES string of the molecule is Cc1ncc2c(n1)C[C@@H]1CC[C@H]2N1C(=O)Nc1ccc(Cl)c(Cl)c1. The van der Waals surface area contributed by atoms with Crippen LogP contribution in [0.4, 0.5) is 10.5 Å². The Morgan fingerprint density at radius 1 is 1.29 bits per heavy atom. The van der Waals surface area contributed by atoms with E-state index in [1.165, 1.54) is 0 Å². The van der Waals surface area contributed by atoms with Gasteiger partial charge in [0, 0.05) is 29.9 Å². The summed E-state index contributed by atoms with van der Waals surface area (Å²) in [6, 6.07) is 5.19. The number of rotatable bonds is 1. The first-order valence-corrected chi connectivity index (χ1v) is 8.65. The lowest BCUT2D eigenvalue weighted by Gasteiger charge is -2.35. The fourth-order valence-electron chi connectivity index (χ4n) is 3.65. The lowest BCUT2D eigenvalue weighted by atomic mass is 9.99. The number of benzene rings is 1. The third-order valence-corrected chi connectivity index (χ3v) is 5.46. The zero-order valence-corrected chi connectivity index (χ0v) is 14.6. The number of halogens is 2. The monoisotopic (exact) mass is 362 g/mol. The number of fused-ring (bicyclic) bond motifs is 4. The highest BCUT2D eigenvalue weighted by Crippen LogP contribution is 2.43. The molecule has 24 heavy (non-hydrogen) atoms. The van der Waals surface area contributed by atoms with E-state index in [0.717, 1.165) is 36.3 Å². The van der Waals surface area contributed by atoms with Crippen LogP contribution in [-0.4, -0.2) is 26.9 Å². The van der Waals surface area contributed by atoms with Gasteiger partial charge in [-0.05, 0) is 38.0 Å². The van der Waals surface area contributed by atoms with Gasteiger partial charge in [-0.15, -0.1) is 0 Å². The number of hydrogen-bond acceptors (Lipinski definition) is 3. The molecular formula is C17H16Cl2N4O. The van der Waals surface area contributed by atoms with E-state index < -0.39 is 0 Å². The minimum atomic E-state index is -0.118. The summed E-state index contributed by atoms with van der Waals surface area (Å²) in [5, 5.41) is 3.81. The van der Waals surface area contributed by atoms with E-state index >= 15 is 0 Å². The molecule has 1 aromatic carbocycles. The van der Waals surface area contributed by atoms with E-state index in [1.807, 2.05) is 18.0 Å².